The van der Waals surface area contributed by atoms with Crippen LogP contribution < -0.4 is 0 Å². The molecule has 1 saturated carbocycles. The van der Waals surface area contributed by atoms with Gasteiger partial charge in [-0.2, -0.15) is 5.26 Å². The first-order valence-corrected chi connectivity index (χ1v) is 7.52. The van der Waals surface area contributed by atoms with E-state index in [4.69, 9.17) is 5.26 Å². The lowest BCUT2D eigenvalue weighted by Crippen LogP contribution is -2.45. The molecule has 2 aliphatic heterocycles. The molecule has 3 fully saturated rings. The van der Waals surface area contributed by atoms with Crippen LogP contribution in [0.25, 0.3) is 0 Å². The first kappa shape index (κ1) is 11.5. The second-order valence-corrected chi connectivity index (χ2v) is 6.38. The molecule has 2 saturated heterocycles. The van der Waals surface area contributed by atoms with E-state index in [0.717, 1.165) is 30.8 Å². The fraction of sp³-hybridized carbons (Fsp3) is 0.933. The van der Waals surface area contributed by atoms with E-state index in [9.17, 15) is 0 Å². The second-order valence-electron chi connectivity index (χ2n) is 6.38. The molecule has 1 aliphatic carbocycles. The maximum absolute atomic E-state index is 9.09. The topological polar surface area (TPSA) is 27.0 Å². The van der Waals surface area contributed by atoms with E-state index in [0.29, 0.717) is 5.92 Å². The quantitative estimate of drug-likeness (QED) is 0.730. The van der Waals surface area contributed by atoms with Crippen molar-refractivity contribution in [3.63, 3.8) is 0 Å². The zero-order valence-electron chi connectivity index (χ0n) is 10.8. The highest BCUT2D eigenvalue weighted by Gasteiger charge is 2.41. The number of nitriles is 1. The minimum absolute atomic E-state index is 0.357. The van der Waals surface area contributed by atoms with Gasteiger partial charge in [-0.3, -0.25) is 4.90 Å². The highest BCUT2D eigenvalue weighted by atomic mass is 15.2. The van der Waals surface area contributed by atoms with Crippen molar-refractivity contribution in [2.45, 2.75) is 69.9 Å². The Labute approximate surface area is 105 Å². The number of piperidine rings is 1. The Balaban J connectivity index is 1.59. The van der Waals surface area contributed by atoms with Crippen LogP contribution in [0.2, 0.25) is 0 Å². The molecule has 2 nitrogen and oxygen atoms in total. The Kier molecular flexibility index (Phi) is 3.38. The standard InChI is InChI=1S/C15H24N2/c16-10-13-8-14-6-7-15(9-13)17(14)11-12-4-2-1-3-5-12/h12-15H,1-9,11H2. The Hall–Kier alpha value is -0.550. The summed E-state index contributed by atoms with van der Waals surface area (Å²) in [7, 11) is 0. The van der Waals surface area contributed by atoms with Crippen molar-refractivity contribution in [3.8, 4) is 6.07 Å². The number of hydrogen-bond acceptors (Lipinski definition) is 2. The summed E-state index contributed by atoms with van der Waals surface area (Å²) in [6, 6.07) is 4.00. The number of hydrogen-bond donors (Lipinski definition) is 0. The normalized spacial score (nSPS) is 39.1. The SMILES string of the molecule is N#CC1CC2CCC(C1)N2CC1CCCCC1. The summed E-state index contributed by atoms with van der Waals surface area (Å²) in [4.78, 5) is 2.78. The smallest absolute Gasteiger partial charge is 0.0657 e. The van der Waals surface area contributed by atoms with Gasteiger partial charge in [-0.25, -0.2) is 0 Å². The zero-order chi connectivity index (χ0) is 11.7. The van der Waals surface area contributed by atoms with Crippen LogP contribution >= 0.6 is 0 Å². The van der Waals surface area contributed by atoms with Gasteiger partial charge in [0.2, 0.25) is 0 Å². The van der Waals surface area contributed by atoms with Crippen molar-refractivity contribution in [2.75, 3.05) is 6.54 Å². The molecule has 3 rings (SSSR count). The first-order valence-electron chi connectivity index (χ1n) is 7.52. The molecular weight excluding hydrogens is 208 g/mol. The molecule has 0 aromatic heterocycles. The molecule has 2 heterocycles. The lowest BCUT2D eigenvalue weighted by Gasteiger charge is -2.39. The lowest BCUT2D eigenvalue weighted by molar-refractivity contribution is 0.0908. The van der Waals surface area contributed by atoms with Crippen LogP contribution in [0, 0.1) is 23.2 Å². The first-order chi connectivity index (χ1) is 8.36. The summed E-state index contributed by atoms with van der Waals surface area (Å²) in [6.45, 7) is 1.34. The summed E-state index contributed by atoms with van der Waals surface area (Å²) < 4.78 is 0. The molecule has 0 aromatic carbocycles. The molecule has 0 radical (unpaired) electrons. The van der Waals surface area contributed by atoms with Crippen molar-refractivity contribution < 1.29 is 0 Å². The summed E-state index contributed by atoms with van der Waals surface area (Å²) in [5.41, 5.74) is 0. The van der Waals surface area contributed by atoms with Gasteiger partial charge in [0.25, 0.3) is 0 Å². The maximum atomic E-state index is 9.09. The third-order valence-electron chi connectivity index (χ3n) is 5.26. The van der Waals surface area contributed by atoms with Gasteiger partial charge in [-0.1, -0.05) is 19.3 Å². The van der Waals surface area contributed by atoms with E-state index in [1.165, 1.54) is 51.5 Å². The minimum atomic E-state index is 0.357. The number of fused-ring (bicyclic) bond motifs is 2. The molecule has 3 aliphatic rings. The molecule has 0 aromatic rings. The predicted octanol–water partition coefficient (Wildman–Crippen LogP) is 3.33. The zero-order valence-corrected chi connectivity index (χ0v) is 10.8. The third kappa shape index (κ3) is 2.36. The molecule has 17 heavy (non-hydrogen) atoms. The van der Waals surface area contributed by atoms with Crippen LogP contribution in [0.4, 0.5) is 0 Å². The van der Waals surface area contributed by atoms with Gasteiger partial charge in [0.05, 0.1) is 6.07 Å². The maximum Gasteiger partial charge on any atom is 0.0657 e. The monoisotopic (exact) mass is 232 g/mol. The van der Waals surface area contributed by atoms with Crippen LogP contribution in [-0.4, -0.2) is 23.5 Å². The number of rotatable bonds is 2. The molecule has 2 bridgehead atoms. The largest absolute Gasteiger partial charge is 0.297 e. The van der Waals surface area contributed by atoms with Crippen molar-refractivity contribution in [2.24, 2.45) is 11.8 Å². The summed E-state index contributed by atoms with van der Waals surface area (Å²) >= 11 is 0. The summed E-state index contributed by atoms with van der Waals surface area (Å²) in [5, 5.41) is 9.09. The van der Waals surface area contributed by atoms with Gasteiger partial charge in [-0.15, -0.1) is 0 Å². The third-order valence-corrected chi connectivity index (χ3v) is 5.26. The Bertz CT molecular complexity index is 287. The van der Waals surface area contributed by atoms with E-state index in [1.807, 2.05) is 0 Å². The average molecular weight is 232 g/mol. The van der Waals surface area contributed by atoms with Crippen LogP contribution in [0.5, 0.6) is 0 Å². The molecule has 2 unspecified atom stereocenters. The molecule has 94 valence electrons. The van der Waals surface area contributed by atoms with E-state index in [2.05, 4.69) is 11.0 Å². The molecule has 2 atom stereocenters. The molecule has 0 spiro atoms. The predicted molar refractivity (Wildman–Crippen MR) is 68.4 cm³/mol. The summed E-state index contributed by atoms with van der Waals surface area (Å²) in [5.74, 6) is 1.32. The Morgan fingerprint density at radius 1 is 0.941 bits per heavy atom. The fourth-order valence-corrected chi connectivity index (χ4v) is 4.35. The lowest BCUT2D eigenvalue weighted by atomic mass is 9.86. The van der Waals surface area contributed by atoms with E-state index < -0.39 is 0 Å². The van der Waals surface area contributed by atoms with Crippen molar-refractivity contribution in [3.05, 3.63) is 0 Å². The van der Waals surface area contributed by atoms with E-state index >= 15 is 0 Å². The van der Waals surface area contributed by atoms with Crippen LogP contribution in [0.1, 0.15) is 57.8 Å². The number of nitrogens with zero attached hydrogens (tertiary/aromatic N) is 2. The average Bonchev–Trinajstić information content (AvgIpc) is 2.63. The van der Waals surface area contributed by atoms with Crippen LogP contribution in [-0.2, 0) is 0 Å². The van der Waals surface area contributed by atoms with Gasteiger partial charge in [0, 0.05) is 24.5 Å². The highest BCUT2D eigenvalue weighted by Crippen LogP contribution is 2.39. The molecule has 0 amide bonds. The van der Waals surface area contributed by atoms with Gasteiger partial charge < -0.3 is 0 Å². The van der Waals surface area contributed by atoms with E-state index in [-0.39, 0.29) is 0 Å². The van der Waals surface area contributed by atoms with Gasteiger partial charge in [0.1, 0.15) is 0 Å². The molecule has 2 heteroatoms. The molecular formula is C15H24N2. The highest BCUT2D eigenvalue weighted by molar-refractivity contribution is 5.01. The Morgan fingerprint density at radius 3 is 2.18 bits per heavy atom. The fourth-order valence-electron chi connectivity index (χ4n) is 4.35. The van der Waals surface area contributed by atoms with Gasteiger partial charge >= 0.3 is 0 Å². The summed E-state index contributed by atoms with van der Waals surface area (Å²) in [6.07, 6.45) is 12.3. The van der Waals surface area contributed by atoms with Gasteiger partial charge in [0.15, 0.2) is 0 Å². The van der Waals surface area contributed by atoms with Crippen molar-refractivity contribution >= 4 is 0 Å². The van der Waals surface area contributed by atoms with Crippen molar-refractivity contribution in [1.29, 1.82) is 5.26 Å². The second kappa shape index (κ2) is 4.98. The minimum Gasteiger partial charge on any atom is -0.297 e. The van der Waals surface area contributed by atoms with Crippen LogP contribution in [0.15, 0.2) is 0 Å². The van der Waals surface area contributed by atoms with Crippen molar-refractivity contribution in [1.82, 2.24) is 4.90 Å². The van der Waals surface area contributed by atoms with E-state index in [1.54, 1.807) is 0 Å². The van der Waals surface area contributed by atoms with Gasteiger partial charge in [-0.05, 0) is 44.4 Å². The molecule has 0 N–H and O–H groups in total. The van der Waals surface area contributed by atoms with Crippen LogP contribution in [0.3, 0.4) is 0 Å². The Morgan fingerprint density at radius 2 is 1.59 bits per heavy atom.